The fourth-order valence-corrected chi connectivity index (χ4v) is 5.39. The zero-order chi connectivity index (χ0) is 27.4. The van der Waals surface area contributed by atoms with Gasteiger partial charge in [0.2, 0.25) is 17.4 Å². The molecule has 5 N–H and O–H groups in total. The van der Waals surface area contributed by atoms with Gasteiger partial charge in [-0.2, -0.15) is 9.36 Å². The van der Waals surface area contributed by atoms with Gasteiger partial charge in [-0.25, -0.2) is 8.96 Å². The monoisotopic (exact) mass is 562 g/mol. The smallest absolute Gasteiger partial charge is 0.278 e. The summed E-state index contributed by atoms with van der Waals surface area (Å²) in [5.41, 5.74) is 10.6. The second-order valence-electron chi connectivity index (χ2n) is 7.71. The molecule has 17 heteroatoms. The van der Waals surface area contributed by atoms with E-state index in [-0.39, 0.29) is 22.4 Å². The number of halogens is 1. The van der Waals surface area contributed by atoms with Crippen molar-refractivity contribution in [1.29, 1.82) is 0 Å². The maximum Gasteiger partial charge on any atom is 0.278 e. The summed E-state index contributed by atoms with van der Waals surface area (Å²) in [5.74, 6) is -3.73. The van der Waals surface area contributed by atoms with Crippen LogP contribution in [0.3, 0.4) is 0 Å². The van der Waals surface area contributed by atoms with Crippen molar-refractivity contribution in [3.05, 3.63) is 59.3 Å². The topological polar surface area (TPSA) is 210 Å². The van der Waals surface area contributed by atoms with E-state index in [9.17, 15) is 28.7 Å². The number of pyridine rings is 1. The standard InChI is InChI=1S/C21H19FN8O6S2/c22-9-36-27-12(16-26-21(24)38-28-16)17(32)25-13-18(33)30-14(20(34)35)11(8-37-19(13)30)2-1-5-29-6-3-10(4-7-29)15(23)31/h1-4,6-7,13,19H,5,8-9H2,(H5-,23,24,25,26,28,31,32,34,35)/b2-1+,27-12-/t13-,19+/m1/s1. The summed E-state index contributed by atoms with van der Waals surface area (Å²) in [7, 11) is 0. The molecule has 198 valence electrons. The number of aromatic nitrogens is 3. The lowest BCUT2D eigenvalue weighted by molar-refractivity contribution is -0.687. The number of hydrogen-bond donors (Lipinski definition) is 3. The number of fused-ring (bicyclic) bond motifs is 1. The van der Waals surface area contributed by atoms with E-state index in [1.54, 1.807) is 41.2 Å². The lowest BCUT2D eigenvalue weighted by atomic mass is 10.0. The molecular weight excluding hydrogens is 543 g/mol. The van der Waals surface area contributed by atoms with Crippen LogP contribution in [0.15, 0.2) is 53.1 Å². The Morgan fingerprint density at radius 3 is 2.71 bits per heavy atom. The molecule has 3 amide bonds. The van der Waals surface area contributed by atoms with Crippen molar-refractivity contribution in [2.75, 3.05) is 18.3 Å². The van der Waals surface area contributed by atoms with E-state index >= 15 is 0 Å². The fraction of sp³-hybridized carbons (Fsp3) is 0.238. The highest BCUT2D eigenvalue weighted by Gasteiger charge is 2.53. The van der Waals surface area contributed by atoms with Gasteiger partial charge >= 0.3 is 0 Å². The Labute approximate surface area is 222 Å². The molecule has 2 aromatic heterocycles. The van der Waals surface area contributed by atoms with Gasteiger partial charge in [-0.15, -0.1) is 11.8 Å². The number of alkyl halides is 1. The minimum atomic E-state index is -1.55. The Hall–Kier alpha value is -4.38. The van der Waals surface area contributed by atoms with Crippen LogP contribution in [0, 0.1) is 0 Å². The molecule has 0 bridgehead atoms. The number of oxime groups is 1. The molecule has 2 aromatic rings. The van der Waals surface area contributed by atoms with Gasteiger partial charge in [-0.1, -0.05) is 11.2 Å². The molecule has 2 aliphatic rings. The van der Waals surface area contributed by atoms with Crippen LogP contribution >= 0.6 is 23.3 Å². The predicted molar refractivity (Wildman–Crippen MR) is 129 cm³/mol. The molecular formula is C21H19FN8O6S2. The van der Waals surface area contributed by atoms with E-state index in [0.29, 0.717) is 17.7 Å². The number of rotatable bonds is 10. The second-order valence-corrected chi connectivity index (χ2v) is 9.60. The molecule has 0 spiro atoms. The summed E-state index contributed by atoms with van der Waals surface area (Å²) in [5, 5.41) is 17.0. The molecule has 0 unspecified atom stereocenters. The zero-order valence-corrected chi connectivity index (χ0v) is 20.9. The molecule has 0 aromatic carbocycles. The van der Waals surface area contributed by atoms with E-state index in [1.165, 1.54) is 11.8 Å². The molecule has 2 aliphatic heterocycles. The third-order valence-corrected chi connectivity index (χ3v) is 7.21. The van der Waals surface area contributed by atoms with Gasteiger partial charge in [0.1, 0.15) is 11.4 Å². The highest BCUT2D eigenvalue weighted by molar-refractivity contribution is 8.00. The normalized spacial score (nSPS) is 19.2. The van der Waals surface area contributed by atoms with Gasteiger partial charge in [0.05, 0.1) is 17.2 Å². The Balaban J connectivity index is 1.47. The molecule has 2 atom stereocenters. The second kappa shape index (κ2) is 11.3. The van der Waals surface area contributed by atoms with E-state index in [4.69, 9.17) is 11.5 Å². The number of nitrogen functional groups attached to an aromatic ring is 1. The molecule has 0 radical (unpaired) electrons. The number of nitrogens with zero attached hydrogens (tertiary/aromatic N) is 5. The predicted octanol–water partition coefficient (Wildman–Crippen LogP) is -2.19. The molecule has 1 fully saturated rings. The Morgan fingerprint density at radius 1 is 1.37 bits per heavy atom. The number of amides is 3. The number of β-lactam (4-membered cyclic amide) rings is 1. The zero-order valence-electron chi connectivity index (χ0n) is 19.3. The number of nitrogens with two attached hydrogens (primary N) is 2. The highest BCUT2D eigenvalue weighted by Crippen LogP contribution is 2.40. The van der Waals surface area contributed by atoms with Crippen LogP contribution in [-0.2, 0) is 25.8 Å². The molecule has 1 saturated heterocycles. The fourth-order valence-electron chi connectivity index (χ4n) is 3.63. The summed E-state index contributed by atoms with van der Waals surface area (Å²) in [6.45, 7) is -0.972. The SMILES string of the molecule is NC(=O)c1cc[n+](C/C=C/C2=C(C(=O)[O-])N3C(=O)[C@@H](NC(=O)/C(=N\OCF)c4nsc(N)n4)[C@@H]3SC2)cc1. The molecule has 0 aliphatic carbocycles. The quantitative estimate of drug-likeness (QED) is 0.123. The first kappa shape index (κ1) is 26.7. The van der Waals surface area contributed by atoms with Crippen LogP contribution in [0.5, 0.6) is 0 Å². The van der Waals surface area contributed by atoms with E-state index < -0.39 is 47.7 Å². The van der Waals surface area contributed by atoms with Crippen LogP contribution in [0.2, 0.25) is 0 Å². The Bertz CT molecular complexity index is 1380. The summed E-state index contributed by atoms with van der Waals surface area (Å²) in [6.07, 6.45) is 6.54. The van der Waals surface area contributed by atoms with Crippen molar-refractivity contribution in [2.45, 2.75) is 18.0 Å². The summed E-state index contributed by atoms with van der Waals surface area (Å²) < 4.78 is 18.0. The first-order valence-electron chi connectivity index (χ1n) is 10.7. The minimum Gasteiger partial charge on any atom is -0.543 e. The minimum absolute atomic E-state index is 0.0277. The Morgan fingerprint density at radius 2 is 2.11 bits per heavy atom. The van der Waals surface area contributed by atoms with Crippen LogP contribution in [-0.4, -0.2) is 67.7 Å². The first-order valence-corrected chi connectivity index (χ1v) is 12.5. The molecule has 38 heavy (non-hydrogen) atoms. The number of carboxylic acids is 1. The van der Waals surface area contributed by atoms with Crippen molar-refractivity contribution < 1.29 is 38.1 Å². The van der Waals surface area contributed by atoms with Gasteiger partial charge in [-0.3, -0.25) is 19.3 Å². The van der Waals surface area contributed by atoms with Crippen molar-refractivity contribution in [3.63, 3.8) is 0 Å². The largest absolute Gasteiger partial charge is 0.543 e. The lowest BCUT2D eigenvalue weighted by Crippen LogP contribution is -2.71. The summed E-state index contributed by atoms with van der Waals surface area (Å²) in [6, 6.07) is 2.00. The number of carbonyl (C=O) groups is 4. The maximum atomic E-state index is 12.9. The number of thioether (sulfide) groups is 1. The van der Waals surface area contributed by atoms with Gasteiger partial charge in [-0.05, 0) is 11.6 Å². The average Bonchev–Trinajstić information content (AvgIpc) is 3.32. The van der Waals surface area contributed by atoms with Crippen LogP contribution in [0.4, 0.5) is 9.52 Å². The third kappa shape index (κ3) is 5.47. The summed E-state index contributed by atoms with van der Waals surface area (Å²) in [4.78, 5) is 57.9. The van der Waals surface area contributed by atoms with Crippen LogP contribution in [0.25, 0.3) is 0 Å². The van der Waals surface area contributed by atoms with Crippen molar-refractivity contribution in [3.8, 4) is 0 Å². The molecule has 4 rings (SSSR count). The van der Waals surface area contributed by atoms with E-state index in [2.05, 4.69) is 24.7 Å². The number of aliphatic carboxylic acids is 1. The maximum absolute atomic E-state index is 12.9. The first-order chi connectivity index (χ1) is 18.2. The van der Waals surface area contributed by atoms with Gasteiger partial charge in [0, 0.05) is 29.4 Å². The molecule has 0 saturated carbocycles. The number of allylic oxidation sites excluding steroid dienone is 2. The van der Waals surface area contributed by atoms with Gasteiger partial charge < -0.3 is 31.5 Å². The Kier molecular flexibility index (Phi) is 7.96. The van der Waals surface area contributed by atoms with Crippen molar-refractivity contribution in [2.24, 2.45) is 10.9 Å². The number of hydrogen-bond acceptors (Lipinski definition) is 12. The van der Waals surface area contributed by atoms with Gasteiger partial charge in [0.15, 0.2) is 24.1 Å². The van der Waals surface area contributed by atoms with E-state index in [1.807, 2.05) is 0 Å². The number of anilines is 1. The molecule has 14 nitrogen and oxygen atoms in total. The number of primary amides is 1. The summed E-state index contributed by atoms with van der Waals surface area (Å²) >= 11 is 2.00. The number of carboxylic acid groups (broad SMARTS) is 1. The number of nitrogens with one attached hydrogen (secondary N) is 1. The van der Waals surface area contributed by atoms with Crippen molar-refractivity contribution >= 4 is 57.8 Å². The average molecular weight is 563 g/mol. The lowest BCUT2D eigenvalue weighted by Gasteiger charge is -2.50. The third-order valence-electron chi connectivity index (χ3n) is 5.36. The van der Waals surface area contributed by atoms with Crippen LogP contribution in [0.1, 0.15) is 16.2 Å². The molecule has 4 heterocycles. The van der Waals surface area contributed by atoms with Gasteiger partial charge in [0.25, 0.3) is 18.7 Å². The van der Waals surface area contributed by atoms with E-state index in [0.717, 1.165) is 16.4 Å². The van der Waals surface area contributed by atoms with Crippen LogP contribution < -0.4 is 26.5 Å². The number of carbonyl (C=O) groups excluding carboxylic acids is 4. The highest BCUT2D eigenvalue weighted by atomic mass is 32.2. The van der Waals surface area contributed by atoms with Crippen molar-refractivity contribution in [1.82, 2.24) is 19.6 Å².